The second kappa shape index (κ2) is 10.1. The molecule has 0 aliphatic heterocycles. The average molecular weight is 511 g/mol. The van der Waals surface area contributed by atoms with Gasteiger partial charge in [0.1, 0.15) is 17.1 Å². The number of aliphatic imine (C=N–C) groups is 1. The minimum absolute atomic E-state index is 0.0416. The summed E-state index contributed by atoms with van der Waals surface area (Å²) < 4.78 is 20.0. The number of hydrogen-bond donors (Lipinski definition) is 4. The highest BCUT2D eigenvalue weighted by Gasteiger charge is 2.27. The highest BCUT2D eigenvalue weighted by Crippen LogP contribution is 2.26. The fraction of sp³-hybridized carbons (Fsp3) is 0.421. The molecule has 0 saturated heterocycles. The van der Waals surface area contributed by atoms with Crippen LogP contribution < -0.4 is 10.8 Å². The van der Waals surface area contributed by atoms with Gasteiger partial charge < -0.3 is 10.4 Å². The van der Waals surface area contributed by atoms with Crippen molar-refractivity contribution in [3.05, 3.63) is 46.1 Å². The first-order valence-electron chi connectivity index (χ1n) is 9.83. The summed E-state index contributed by atoms with van der Waals surface area (Å²) in [6.45, 7) is 6.56. The van der Waals surface area contributed by atoms with Crippen LogP contribution in [0.3, 0.4) is 0 Å². The van der Waals surface area contributed by atoms with E-state index in [0.29, 0.717) is 36.8 Å². The fourth-order valence-corrected chi connectivity index (χ4v) is 3.48. The van der Waals surface area contributed by atoms with E-state index in [4.69, 9.17) is 4.63 Å². The van der Waals surface area contributed by atoms with Crippen LogP contribution in [0, 0.1) is 11.7 Å². The van der Waals surface area contributed by atoms with Crippen molar-refractivity contribution >= 4 is 33.3 Å². The molecule has 1 unspecified atom stereocenters. The second-order valence-corrected chi connectivity index (χ2v) is 8.65. The van der Waals surface area contributed by atoms with Crippen molar-refractivity contribution in [2.24, 2.45) is 10.9 Å². The van der Waals surface area contributed by atoms with Gasteiger partial charge in [0.05, 0.1) is 22.9 Å². The maximum absolute atomic E-state index is 13.4. The lowest BCUT2D eigenvalue weighted by molar-refractivity contribution is 0.0304. The van der Waals surface area contributed by atoms with Gasteiger partial charge in [0.2, 0.25) is 5.82 Å². The van der Waals surface area contributed by atoms with E-state index in [1.165, 1.54) is 18.2 Å². The van der Waals surface area contributed by atoms with E-state index in [0.717, 1.165) is 0 Å². The van der Waals surface area contributed by atoms with Gasteiger partial charge >= 0.3 is 0 Å². The van der Waals surface area contributed by atoms with Crippen molar-refractivity contribution in [1.82, 2.24) is 30.8 Å². The average Bonchev–Trinajstić information content (AvgIpc) is 3.38. The van der Waals surface area contributed by atoms with E-state index in [1.54, 1.807) is 17.8 Å². The number of nitrogens with one attached hydrogen (secondary N) is 2. The third-order valence-corrected chi connectivity index (χ3v) is 5.10. The Hall–Kier alpha value is -2.90. The first-order valence-corrected chi connectivity index (χ1v) is 10.6. The lowest BCUT2D eigenvalue weighted by atomic mass is 9.92. The molecule has 3 rings (SSSR count). The van der Waals surface area contributed by atoms with Gasteiger partial charge in [-0.1, -0.05) is 19.1 Å². The lowest BCUT2D eigenvalue weighted by Crippen LogP contribution is -2.24. The molecule has 11 nitrogen and oxygen atoms in total. The second-order valence-electron chi connectivity index (χ2n) is 7.80. The van der Waals surface area contributed by atoms with E-state index in [9.17, 15) is 14.7 Å². The van der Waals surface area contributed by atoms with Gasteiger partial charge in [-0.3, -0.25) is 15.4 Å². The summed E-state index contributed by atoms with van der Waals surface area (Å²) in [6, 6.07) is 4.13. The molecule has 2 aromatic heterocycles. The van der Waals surface area contributed by atoms with Crippen LogP contribution in [0.4, 0.5) is 15.9 Å². The molecule has 13 heteroatoms. The summed E-state index contributed by atoms with van der Waals surface area (Å²) in [5.41, 5.74) is 1.89. The van der Waals surface area contributed by atoms with Crippen LogP contribution >= 0.6 is 15.9 Å². The Morgan fingerprint density at radius 2 is 2.16 bits per heavy atom. The predicted octanol–water partition coefficient (Wildman–Crippen LogP) is 2.99. The monoisotopic (exact) mass is 510 g/mol. The summed E-state index contributed by atoms with van der Waals surface area (Å²) in [7, 11) is 0. The molecule has 0 saturated carbocycles. The summed E-state index contributed by atoms with van der Waals surface area (Å²) in [4.78, 5) is 4.20. The molecular weight excluding hydrogens is 487 g/mol. The SMILES string of the molecule is CC(C)CC(C)(O)c1cn(CCNc2nonc2C(=Nc2ccc(F)c(Br)c2)NO)nn1. The van der Waals surface area contributed by atoms with E-state index in [2.05, 4.69) is 46.9 Å². The summed E-state index contributed by atoms with van der Waals surface area (Å²) >= 11 is 3.09. The van der Waals surface area contributed by atoms with Crippen molar-refractivity contribution in [2.45, 2.75) is 39.3 Å². The van der Waals surface area contributed by atoms with E-state index >= 15 is 0 Å². The molecule has 0 spiro atoms. The summed E-state index contributed by atoms with van der Waals surface area (Å²) in [5.74, 6) is 0.0653. The van der Waals surface area contributed by atoms with Crippen LogP contribution in [0.15, 0.2) is 38.5 Å². The molecule has 32 heavy (non-hydrogen) atoms. The van der Waals surface area contributed by atoms with Gasteiger partial charge in [-0.25, -0.2) is 14.0 Å². The molecule has 0 bridgehead atoms. The van der Waals surface area contributed by atoms with Crippen LogP contribution in [0.5, 0.6) is 0 Å². The Morgan fingerprint density at radius 3 is 2.84 bits per heavy atom. The Morgan fingerprint density at radius 1 is 1.38 bits per heavy atom. The number of hydrogen-bond acceptors (Lipinski definition) is 9. The van der Waals surface area contributed by atoms with Crippen molar-refractivity contribution in [3.63, 3.8) is 0 Å². The van der Waals surface area contributed by atoms with Crippen LogP contribution in [-0.4, -0.2) is 48.0 Å². The quantitative estimate of drug-likeness (QED) is 0.193. The van der Waals surface area contributed by atoms with Gasteiger partial charge in [0, 0.05) is 6.54 Å². The van der Waals surface area contributed by atoms with Gasteiger partial charge in [-0.2, -0.15) is 0 Å². The number of nitrogens with zero attached hydrogens (tertiary/aromatic N) is 6. The highest BCUT2D eigenvalue weighted by atomic mass is 79.9. The van der Waals surface area contributed by atoms with E-state index in [-0.39, 0.29) is 21.8 Å². The van der Waals surface area contributed by atoms with Crippen molar-refractivity contribution in [1.29, 1.82) is 0 Å². The lowest BCUT2D eigenvalue weighted by Gasteiger charge is -2.22. The molecule has 1 aromatic carbocycles. The highest BCUT2D eigenvalue weighted by molar-refractivity contribution is 9.10. The molecule has 3 aromatic rings. The maximum Gasteiger partial charge on any atom is 0.202 e. The van der Waals surface area contributed by atoms with Crippen LogP contribution in [0.1, 0.15) is 38.6 Å². The zero-order valence-electron chi connectivity index (χ0n) is 17.7. The minimum atomic E-state index is -1.06. The molecule has 0 radical (unpaired) electrons. The third-order valence-electron chi connectivity index (χ3n) is 4.49. The van der Waals surface area contributed by atoms with E-state index < -0.39 is 11.4 Å². The molecule has 2 heterocycles. The number of rotatable bonds is 9. The first kappa shape index (κ1) is 23.8. The smallest absolute Gasteiger partial charge is 0.202 e. The minimum Gasteiger partial charge on any atom is -0.384 e. The van der Waals surface area contributed by atoms with Crippen LogP contribution in [-0.2, 0) is 12.1 Å². The van der Waals surface area contributed by atoms with Gasteiger partial charge in [-0.15, -0.1) is 5.10 Å². The number of aromatic nitrogens is 5. The Bertz CT molecular complexity index is 1080. The fourth-order valence-electron chi connectivity index (χ4n) is 3.12. The van der Waals surface area contributed by atoms with Crippen LogP contribution in [0.25, 0.3) is 0 Å². The van der Waals surface area contributed by atoms with Gasteiger partial charge in [0.15, 0.2) is 11.5 Å². The Labute approximate surface area is 191 Å². The zero-order chi connectivity index (χ0) is 23.3. The molecule has 0 aliphatic rings. The van der Waals surface area contributed by atoms with Crippen LogP contribution in [0.2, 0.25) is 0 Å². The standard InChI is InChI=1S/C19H24BrFN8O3/c1-11(2)9-19(3,30)15-10-29(28-24-15)7-6-22-17-16(26-32-27-17)18(25-31)23-12-4-5-14(21)13(20)8-12/h4-5,8,10-11,30-31H,6-7,9H2,1-3H3,(H,22,27)(H,23,25). The molecule has 0 aliphatic carbocycles. The van der Waals surface area contributed by atoms with Crippen molar-refractivity contribution < 1.29 is 19.3 Å². The molecule has 172 valence electrons. The van der Waals surface area contributed by atoms with Crippen molar-refractivity contribution in [3.8, 4) is 0 Å². The zero-order valence-corrected chi connectivity index (χ0v) is 19.3. The van der Waals surface area contributed by atoms with Crippen molar-refractivity contribution in [2.75, 3.05) is 11.9 Å². The maximum atomic E-state index is 13.4. The largest absolute Gasteiger partial charge is 0.384 e. The first-order chi connectivity index (χ1) is 15.2. The van der Waals surface area contributed by atoms with Gasteiger partial charge in [0.25, 0.3) is 0 Å². The van der Waals surface area contributed by atoms with Gasteiger partial charge in [-0.05, 0) is 63.7 Å². The summed E-state index contributed by atoms with van der Waals surface area (Å²) in [6.07, 6.45) is 2.26. The number of hydroxylamine groups is 1. The topological polar surface area (TPSA) is 147 Å². The predicted molar refractivity (Wildman–Crippen MR) is 117 cm³/mol. The molecule has 4 N–H and O–H groups in total. The molecule has 0 fully saturated rings. The number of benzene rings is 1. The van der Waals surface area contributed by atoms with E-state index in [1.807, 2.05) is 19.3 Å². The summed E-state index contributed by atoms with van der Waals surface area (Å²) in [5, 5.41) is 38.8. The molecule has 1 atom stereocenters. The molecule has 0 amide bonds. The Kier molecular flexibility index (Phi) is 7.53. The normalized spacial score (nSPS) is 13.9. The Balaban J connectivity index is 1.66. The number of halogens is 2. The third kappa shape index (κ3) is 5.87. The number of aliphatic hydroxyl groups is 1. The number of amidine groups is 1. The molecular formula is C19H24BrFN8O3. The number of anilines is 1.